The molecule has 0 heterocycles. The summed E-state index contributed by atoms with van der Waals surface area (Å²) in [6.07, 6.45) is 1.97. The van der Waals surface area contributed by atoms with Crippen LogP contribution in [0.25, 0.3) is 0 Å². The minimum Gasteiger partial charge on any atom is -0.462 e. The number of unbranched alkanes of at least 4 members (excludes halogenated alkanes) is 1. The topological polar surface area (TPSA) is 26.3 Å². The van der Waals surface area contributed by atoms with E-state index in [1.165, 1.54) is 11.1 Å². The molecule has 0 N–H and O–H groups in total. The van der Waals surface area contributed by atoms with Crippen LogP contribution in [-0.4, -0.2) is 12.6 Å². The van der Waals surface area contributed by atoms with Crippen LogP contribution in [0, 0.1) is 13.8 Å². The number of carbonyl (C=O) groups is 1. The van der Waals surface area contributed by atoms with Gasteiger partial charge in [0.05, 0.1) is 12.2 Å². The van der Waals surface area contributed by atoms with Gasteiger partial charge in [-0.3, -0.25) is 0 Å². The van der Waals surface area contributed by atoms with Gasteiger partial charge in [0.15, 0.2) is 0 Å². The average molecular weight is 284 g/mol. The van der Waals surface area contributed by atoms with E-state index in [-0.39, 0.29) is 5.97 Å². The second-order valence-electron chi connectivity index (χ2n) is 5.01. The second-order valence-corrected chi connectivity index (χ2v) is 5.01. The fraction of sp³-hybridized carbons (Fsp3) is 0.316. The number of aryl methyl sites for hydroxylation is 2. The van der Waals surface area contributed by atoms with Crippen molar-refractivity contribution in [2.45, 2.75) is 33.6 Å². The molecule has 0 aliphatic rings. The number of hydrogen-bond acceptors (Lipinski definition) is 2. The molecule has 0 unspecified atom stereocenters. The van der Waals surface area contributed by atoms with Crippen molar-refractivity contribution in [1.29, 1.82) is 0 Å². The minimum absolute atomic E-state index is 0.228. The van der Waals surface area contributed by atoms with Crippen molar-refractivity contribution in [3.8, 4) is 0 Å². The summed E-state index contributed by atoms with van der Waals surface area (Å²) < 4.78 is 5.03. The summed E-state index contributed by atoms with van der Waals surface area (Å²) in [4.78, 5) is 11.3. The van der Waals surface area contributed by atoms with Crippen molar-refractivity contribution in [1.82, 2.24) is 0 Å². The molecule has 2 aromatic rings. The van der Waals surface area contributed by atoms with Gasteiger partial charge in [0, 0.05) is 0 Å². The Balaban J connectivity index is 0.000000235. The fourth-order valence-electron chi connectivity index (χ4n) is 1.77. The van der Waals surface area contributed by atoms with Crippen LogP contribution < -0.4 is 0 Å². The largest absolute Gasteiger partial charge is 0.462 e. The van der Waals surface area contributed by atoms with Gasteiger partial charge in [-0.2, -0.15) is 0 Å². The molecule has 0 saturated heterocycles. The molecule has 0 aliphatic heterocycles. The molecule has 21 heavy (non-hydrogen) atoms. The number of ether oxygens (including phenoxy) is 1. The molecule has 0 spiro atoms. The summed E-state index contributed by atoms with van der Waals surface area (Å²) in [6.45, 7) is 6.79. The van der Waals surface area contributed by atoms with E-state index >= 15 is 0 Å². The van der Waals surface area contributed by atoms with Gasteiger partial charge < -0.3 is 4.74 Å². The van der Waals surface area contributed by atoms with E-state index in [4.69, 9.17) is 4.74 Å². The molecule has 2 heteroatoms. The van der Waals surface area contributed by atoms with Crippen LogP contribution in [0.4, 0.5) is 0 Å². The lowest BCUT2D eigenvalue weighted by atomic mass is 10.2. The third-order valence-electron chi connectivity index (χ3n) is 2.91. The highest BCUT2D eigenvalue weighted by atomic mass is 16.5. The Morgan fingerprint density at radius 3 is 2.05 bits per heavy atom. The maximum atomic E-state index is 11.3. The predicted octanol–water partition coefficient (Wildman–Crippen LogP) is 4.95. The summed E-state index contributed by atoms with van der Waals surface area (Å²) in [5, 5.41) is 0. The van der Waals surface area contributed by atoms with Crippen molar-refractivity contribution >= 4 is 5.97 Å². The molecule has 0 bridgehead atoms. The number of carbonyl (C=O) groups excluding carboxylic acids is 1. The molecule has 0 amide bonds. The molecule has 2 nitrogen and oxygen atoms in total. The minimum atomic E-state index is -0.228. The smallest absolute Gasteiger partial charge is 0.338 e. The molecule has 112 valence electrons. The zero-order chi connectivity index (χ0) is 15.5. The third kappa shape index (κ3) is 7.31. The van der Waals surface area contributed by atoms with E-state index in [1.807, 2.05) is 18.2 Å². The van der Waals surface area contributed by atoms with Crippen LogP contribution in [0.1, 0.15) is 41.3 Å². The standard InChI is InChI=1S/C11H14O2.C8H10/c1-2-3-9-13-11(12)10-7-5-4-6-8-10;1-7-4-3-5-8(2)6-7/h4-8H,2-3,9H2,1H3;3-6H,1-2H3. The monoisotopic (exact) mass is 284 g/mol. The van der Waals surface area contributed by atoms with Crippen LogP contribution in [0.15, 0.2) is 54.6 Å². The zero-order valence-corrected chi connectivity index (χ0v) is 13.1. The van der Waals surface area contributed by atoms with Gasteiger partial charge >= 0.3 is 5.97 Å². The SMILES string of the molecule is CCCCOC(=O)c1ccccc1.Cc1cccc(C)c1. The van der Waals surface area contributed by atoms with E-state index in [0.29, 0.717) is 12.2 Å². The van der Waals surface area contributed by atoms with Crippen LogP contribution in [0.3, 0.4) is 0 Å². The van der Waals surface area contributed by atoms with Crippen molar-refractivity contribution in [2.75, 3.05) is 6.61 Å². The van der Waals surface area contributed by atoms with E-state index in [0.717, 1.165) is 12.8 Å². The first-order valence-electron chi connectivity index (χ1n) is 7.39. The predicted molar refractivity (Wildman–Crippen MR) is 87.5 cm³/mol. The highest BCUT2D eigenvalue weighted by Crippen LogP contribution is 2.02. The van der Waals surface area contributed by atoms with E-state index < -0.39 is 0 Å². The summed E-state index contributed by atoms with van der Waals surface area (Å²) in [6, 6.07) is 17.5. The lowest BCUT2D eigenvalue weighted by Gasteiger charge is -2.02. The van der Waals surface area contributed by atoms with Crippen molar-refractivity contribution < 1.29 is 9.53 Å². The first-order valence-corrected chi connectivity index (χ1v) is 7.39. The van der Waals surface area contributed by atoms with Crippen molar-refractivity contribution in [2.24, 2.45) is 0 Å². The molecule has 0 fully saturated rings. The van der Waals surface area contributed by atoms with Crippen molar-refractivity contribution in [3.05, 3.63) is 71.3 Å². The highest BCUT2D eigenvalue weighted by molar-refractivity contribution is 5.89. The summed E-state index contributed by atoms with van der Waals surface area (Å²) in [5.41, 5.74) is 3.30. The molecule has 2 aromatic carbocycles. The van der Waals surface area contributed by atoms with Gasteiger partial charge in [-0.05, 0) is 32.4 Å². The summed E-state index contributed by atoms with van der Waals surface area (Å²) in [5.74, 6) is -0.228. The molecular formula is C19H24O2. The lowest BCUT2D eigenvalue weighted by Crippen LogP contribution is -2.05. The van der Waals surface area contributed by atoms with Crippen LogP contribution in [-0.2, 0) is 4.74 Å². The van der Waals surface area contributed by atoms with Gasteiger partial charge in [-0.15, -0.1) is 0 Å². The van der Waals surface area contributed by atoms with Gasteiger partial charge in [0.2, 0.25) is 0 Å². The van der Waals surface area contributed by atoms with E-state index in [2.05, 4.69) is 45.0 Å². The fourth-order valence-corrected chi connectivity index (χ4v) is 1.77. The number of hydrogen-bond donors (Lipinski definition) is 0. The van der Waals surface area contributed by atoms with Gasteiger partial charge in [-0.1, -0.05) is 66.9 Å². The number of rotatable bonds is 4. The van der Waals surface area contributed by atoms with Crippen LogP contribution in [0.2, 0.25) is 0 Å². The first kappa shape index (κ1) is 17.0. The quantitative estimate of drug-likeness (QED) is 0.586. The van der Waals surface area contributed by atoms with Gasteiger partial charge in [0.1, 0.15) is 0 Å². The summed E-state index contributed by atoms with van der Waals surface area (Å²) in [7, 11) is 0. The van der Waals surface area contributed by atoms with E-state index in [9.17, 15) is 4.79 Å². The maximum Gasteiger partial charge on any atom is 0.338 e. The molecule has 2 rings (SSSR count). The molecular weight excluding hydrogens is 260 g/mol. The Bertz CT molecular complexity index is 515. The Morgan fingerprint density at radius 2 is 1.57 bits per heavy atom. The van der Waals surface area contributed by atoms with Crippen molar-refractivity contribution in [3.63, 3.8) is 0 Å². The van der Waals surface area contributed by atoms with Crippen LogP contribution >= 0.6 is 0 Å². The highest BCUT2D eigenvalue weighted by Gasteiger charge is 2.03. The summed E-state index contributed by atoms with van der Waals surface area (Å²) >= 11 is 0. The average Bonchev–Trinajstić information content (AvgIpc) is 2.49. The molecule has 0 radical (unpaired) electrons. The molecule has 0 atom stereocenters. The van der Waals surface area contributed by atoms with Gasteiger partial charge in [-0.25, -0.2) is 4.79 Å². The number of benzene rings is 2. The lowest BCUT2D eigenvalue weighted by molar-refractivity contribution is 0.0500. The Hall–Kier alpha value is -2.09. The molecule has 0 aromatic heterocycles. The number of esters is 1. The van der Waals surface area contributed by atoms with Gasteiger partial charge in [0.25, 0.3) is 0 Å². The Labute approximate surface area is 127 Å². The third-order valence-corrected chi connectivity index (χ3v) is 2.91. The van der Waals surface area contributed by atoms with Crippen LogP contribution in [0.5, 0.6) is 0 Å². The first-order chi connectivity index (χ1) is 10.1. The maximum absolute atomic E-state index is 11.3. The molecule has 0 aliphatic carbocycles. The zero-order valence-electron chi connectivity index (χ0n) is 13.1. The normalized spacial score (nSPS) is 9.48. The molecule has 0 saturated carbocycles. The Morgan fingerprint density at radius 1 is 0.952 bits per heavy atom. The Kier molecular flexibility index (Phi) is 7.88. The second kappa shape index (κ2) is 9.76. The van der Waals surface area contributed by atoms with E-state index in [1.54, 1.807) is 12.1 Å².